The van der Waals surface area contributed by atoms with Crippen molar-refractivity contribution in [2.75, 3.05) is 20.1 Å². The number of likely N-dealkylation sites (N-methyl/N-ethyl adjacent to an activating group) is 1. The van der Waals surface area contributed by atoms with E-state index in [9.17, 15) is 10.1 Å². The molecule has 2 aromatic heterocycles. The van der Waals surface area contributed by atoms with Gasteiger partial charge in [0.1, 0.15) is 11.6 Å². The second-order valence-electron chi connectivity index (χ2n) is 6.05. The molecule has 0 aromatic carbocycles. The molecule has 22 heavy (non-hydrogen) atoms. The lowest BCUT2D eigenvalue weighted by Gasteiger charge is -2.24. The lowest BCUT2D eigenvalue weighted by atomic mass is 9.96. The Morgan fingerprint density at radius 2 is 2.23 bits per heavy atom. The maximum Gasteiger partial charge on any atom is 0.276 e. The minimum atomic E-state index is -0.120. The van der Waals surface area contributed by atoms with E-state index in [0.717, 1.165) is 30.8 Å². The lowest BCUT2D eigenvalue weighted by molar-refractivity contribution is 0.372. The maximum absolute atomic E-state index is 12.8. The molecule has 0 aliphatic carbocycles. The van der Waals surface area contributed by atoms with Gasteiger partial charge in [0.05, 0.1) is 5.69 Å². The highest BCUT2D eigenvalue weighted by molar-refractivity contribution is 5.70. The fourth-order valence-corrected chi connectivity index (χ4v) is 2.94. The Hall–Kier alpha value is -2.39. The van der Waals surface area contributed by atoms with E-state index in [1.165, 1.54) is 10.7 Å². The summed E-state index contributed by atoms with van der Waals surface area (Å²) < 4.78 is 1.37. The number of aromatic amines is 1. The summed E-state index contributed by atoms with van der Waals surface area (Å²) in [5, 5.41) is 12.0. The molecule has 0 unspecified atom stereocenters. The van der Waals surface area contributed by atoms with E-state index in [-0.39, 0.29) is 11.5 Å². The van der Waals surface area contributed by atoms with Crippen molar-refractivity contribution in [1.29, 1.82) is 5.26 Å². The van der Waals surface area contributed by atoms with Crippen LogP contribution in [0.5, 0.6) is 0 Å². The Morgan fingerprint density at radius 3 is 2.86 bits per heavy atom. The summed E-state index contributed by atoms with van der Waals surface area (Å²) in [6, 6.07) is 2.08. The van der Waals surface area contributed by atoms with Crippen LogP contribution < -0.4 is 5.56 Å². The van der Waals surface area contributed by atoms with Crippen molar-refractivity contribution in [2.24, 2.45) is 0 Å². The van der Waals surface area contributed by atoms with Gasteiger partial charge in [-0.2, -0.15) is 5.26 Å². The summed E-state index contributed by atoms with van der Waals surface area (Å²) in [5.41, 5.74) is 3.18. The van der Waals surface area contributed by atoms with Crippen LogP contribution in [-0.2, 0) is 0 Å². The molecule has 3 rings (SSSR count). The molecule has 0 saturated heterocycles. The highest BCUT2D eigenvalue weighted by atomic mass is 16.1. The minimum Gasteiger partial charge on any atom is -0.302 e. The van der Waals surface area contributed by atoms with Crippen molar-refractivity contribution in [3.05, 3.63) is 39.4 Å². The van der Waals surface area contributed by atoms with Crippen molar-refractivity contribution in [1.82, 2.24) is 19.5 Å². The zero-order valence-electron chi connectivity index (χ0n) is 13.1. The van der Waals surface area contributed by atoms with Gasteiger partial charge in [-0.05, 0) is 25.0 Å². The summed E-state index contributed by atoms with van der Waals surface area (Å²) >= 11 is 0. The van der Waals surface area contributed by atoms with Crippen molar-refractivity contribution in [2.45, 2.75) is 26.2 Å². The third kappa shape index (κ3) is 2.24. The molecule has 0 saturated carbocycles. The van der Waals surface area contributed by atoms with Gasteiger partial charge in [0.2, 0.25) is 0 Å². The molecule has 3 heterocycles. The zero-order valence-corrected chi connectivity index (χ0v) is 13.1. The lowest BCUT2D eigenvalue weighted by Crippen LogP contribution is -2.29. The van der Waals surface area contributed by atoms with Crippen LogP contribution in [-0.4, -0.2) is 39.6 Å². The van der Waals surface area contributed by atoms with Crippen LogP contribution in [0.3, 0.4) is 0 Å². The Balaban J connectivity index is 2.32. The van der Waals surface area contributed by atoms with Crippen molar-refractivity contribution in [3.63, 3.8) is 0 Å². The average Bonchev–Trinajstić information content (AvgIpc) is 2.90. The molecule has 6 nitrogen and oxygen atoms in total. The normalized spacial score (nSPS) is 16.0. The number of nitriles is 1. The van der Waals surface area contributed by atoms with Crippen LogP contribution in [0.25, 0.3) is 11.2 Å². The Morgan fingerprint density at radius 1 is 1.45 bits per heavy atom. The molecule has 1 aliphatic rings. The topological polar surface area (TPSA) is 77.2 Å². The highest BCUT2D eigenvalue weighted by Crippen LogP contribution is 2.25. The predicted octanol–water partition coefficient (Wildman–Crippen LogP) is 1.74. The first-order valence-electron chi connectivity index (χ1n) is 7.45. The smallest absolute Gasteiger partial charge is 0.276 e. The average molecular weight is 297 g/mol. The molecular weight excluding hydrogens is 278 g/mol. The van der Waals surface area contributed by atoms with Gasteiger partial charge < -0.3 is 4.90 Å². The Bertz CT molecular complexity index is 850. The van der Waals surface area contributed by atoms with Gasteiger partial charge in [0, 0.05) is 24.8 Å². The SMILES string of the molecule is CC(C)c1c(C2=CCCN(C)C2)nc2c(C#N)c[nH]n2c1=O. The molecule has 0 bridgehead atoms. The molecule has 0 radical (unpaired) electrons. The van der Waals surface area contributed by atoms with Crippen LogP contribution in [0.2, 0.25) is 0 Å². The summed E-state index contributed by atoms with van der Waals surface area (Å²) in [4.78, 5) is 19.7. The van der Waals surface area contributed by atoms with Crippen LogP contribution in [0, 0.1) is 11.3 Å². The van der Waals surface area contributed by atoms with Crippen LogP contribution in [0.1, 0.15) is 43.0 Å². The number of nitrogens with zero attached hydrogens (tertiary/aromatic N) is 4. The summed E-state index contributed by atoms with van der Waals surface area (Å²) in [6.45, 7) is 5.77. The monoisotopic (exact) mass is 297 g/mol. The number of nitrogens with one attached hydrogen (secondary N) is 1. The summed E-state index contributed by atoms with van der Waals surface area (Å²) in [5.74, 6) is 0.0638. The molecule has 1 aliphatic heterocycles. The number of H-pyrrole nitrogens is 1. The van der Waals surface area contributed by atoms with Crippen LogP contribution >= 0.6 is 0 Å². The second-order valence-corrected chi connectivity index (χ2v) is 6.05. The molecule has 0 amide bonds. The molecule has 114 valence electrons. The number of rotatable bonds is 2. The molecule has 0 atom stereocenters. The molecule has 0 spiro atoms. The summed E-state index contributed by atoms with van der Waals surface area (Å²) in [7, 11) is 2.06. The van der Waals surface area contributed by atoms with Gasteiger partial charge in [-0.25, -0.2) is 9.50 Å². The number of hydrogen-bond donors (Lipinski definition) is 1. The van der Waals surface area contributed by atoms with Gasteiger partial charge in [0.25, 0.3) is 5.56 Å². The van der Waals surface area contributed by atoms with E-state index in [4.69, 9.17) is 0 Å². The molecule has 2 aromatic rings. The Labute approximate surface area is 128 Å². The van der Waals surface area contributed by atoms with Crippen LogP contribution in [0.15, 0.2) is 17.1 Å². The van der Waals surface area contributed by atoms with Gasteiger partial charge in [-0.15, -0.1) is 0 Å². The molecule has 0 fully saturated rings. The largest absolute Gasteiger partial charge is 0.302 e. The van der Waals surface area contributed by atoms with E-state index < -0.39 is 0 Å². The van der Waals surface area contributed by atoms with Gasteiger partial charge >= 0.3 is 0 Å². The fraction of sp³-hybridized carbons (Fsp3) is 0.438. The molecular formula is C16H19N5O. The van der Waals surface area contributed by atoms with Crippen molar-refractivity contribution < 1.29 is 0 Å². The third-order valence-corrected chi connectivity index (χ3v) is 4.04. The van der Waals surface area contributed by atoms with Crippen molar-refractivity contribution in [3.8, 4) is 6.07 Å². The zero-order chi connectivity index (χ0) is 15.9. The minimum absolute atomic E-state index is 0.0638. The first-order valence-corrected chi connectivity index (χ1v) is 7.45. The quantitative estimate of drug-likeness (QED) is 0.916. The maximum atomic E-state index is 12.8. The predicted molar refractivity (Wildman–Crippen MR) is 84.7 cm³/mol. The standard InChI is InChI=1S/C16H19N5O/c1-10(2)13-14(11-5-4-6-20(3)9-11)19-15-12(7-17)8-18-21(15)16(13)22/h5,8,10,18H,4,6,9H2,1-3H3. The van der Waals surface area contributed by atoms with Gasteiger partial charge in [-0.3, -0.25) is 9.89 Å². The van der Waals surface area contributed by atoms with Gasteiger partial charge in [-0.1, -0.05) is 19.9 Å². The van der Waals surface area contributed by atoms with Gasteiger partial charge in [0.15, 0.2) is 5.65 Å². The van der Waals surface area contributed by atoms with E-state index in [1.807, 2.05) is 13.8 Å². The highest BCUT2D eigenvalue weighted by Gasteiger charge is 2.22. The number of hydrogen-bond acceptors (Lipinski definition) is 4. The molecule has 6 heteroatoms. The number of aromatic nitrogens is 3. The van der Waals surface area contributed by atoms with E-state index in [0.29, 0.717) is 16.8 Å². The van der Waals surface area contributed by atoms with E-state index >= 15 is 0 Å². The summed E-state index contributed by atoms with van der Waals surface area (Å²) in [6.07, 6.45) is 4.63. The second kappa shape index (κ2) is 5.43. The number of fused-ring (bicyclic) bond motifs is 1. The molecule has 1 N–H and O–H groups in total. The fourth-order valence-electron chi connectivity index (χ4n) is 2.94. The van der Waals surface area contributed by atoms with E-state index in [2.05, 4.69) is 34.2 Å². The first kappa shape index (κ1) is 14.5. The Kier molecular flexibility index (Phi) is 3.59. The van der Waals surface area contributed by atoms with Crippen LogP contribution in [0.4, 0.5) is 0 Å². The third-order valence-electron chi connectivity index (χ3n) is 4.04. The van der Waals surface area contributed by atoms with E-state index in [1.54, 1.807) is 0 Å². The first-order chi connectivity index (χ1) is 10.5. The van der Waals surface area contributed by atoms with Crippen molar-refractivity contribution >= 4 is 11.2 Å².